The monoisotopic (exact) mass is 400 g/mol. The van der Waals surface area contributed by atoms with Gasteiger partial charge in [0.25, 0.3) is 0 Å². The Bertz CT molecular complexity index is 961. The first-order valence-electron chi connectivity index (χ1n) is 10.3. The first kappa shape index (κ1) is 19.4. The molecule has 1 aliphatic heterocycles. The minimum Gasteiger partial charge on any atom is -0.337 e. The van der Waals surface area contributed by atoms with Gasteiger partial charge in [0.1, 0.15) is 0 Å². The van der Waals surface area contributed by atoms with E-state index in [1.165, 1.54) is 6.42 Å². The normalized spacial score (nSPS) is 22.5. The van der Waals surface area contributed by atoms with E-state index in [2.05, 4.69) is 0 Å². The molecule has 1 saturated heterocycles. The zero-order valence-electron chi connectivity index (χ0n) is 16.4. The first-order chi connectivity index (χ1) is 13.5. The number of amides is 1. The molecule has 1 aliphatic carbocycles. The molecule has 0 aromatic heterocycles. The van der Waals surface area contributed by atoms with E-state index in [1.807, 2.05) is 42.2 Å². The van der Waals surface area contributed by atoms with Crippen LogP contribution in [0.5, 0.6) is 0 Å². The second-order valence-corrected chi connectivity index (χ2v) is 9.96. The third-order valence-electron chi connectivity index (χ3n) is 6.20. The quantitative estimate of drug-likeness (QED) is 0.790. The van der Waals surface area contributed by atoms with Crippen LogP contribution in [0.15, 0.2) is 47.4 Å². The molecule has 0 N–H and O–H groups in total. The lowest BCUT2D eigenvalue weighted by molar-refractivity contribution is -0.140. The third-order valence-corrected chi connectivity index (χ3v) is 8.12. The summed E-state index contributed by atoms with van der Waals surface area (Å²) >= 11 is 0. The number of nitrogens with zero attached hydrogens (tertiary/aromatic N) is 2. The lowest BCUT2D eigenvalue weighted by Crippen LogP contribution is -2.56. The largest absolute Gasteiger partial charge is 0.337 e. The number of fused-ring (bicyclic) bond motifs is 1. The Labute approximate surface area is 167 Å². The minimum absolute atomic E-state index is 0.104. The molecule has 0 bridgehead atoms. The average molecular weight is 401 g/mol. The van der Waals surface area contributed by atoms with Crippen LogP contribution >= 0.6 is 0 Å². The van der Waals surface area contributed by atoms with E-state index in [0.717, 1.165) is 36.5 Å². The van der Waals surface area contributed by atoms with Crippen molar-refractivity contribution in [1.29, 1.82) is 0 Å². The van der Waals surface area contributed by atoms with Crippen molar-refractivity contribution in [3.8, 4) is 0 Å². The van der Waals surface area contributed by atoms with Crippen molar-refractivity contribution >= 4 is 26.7 Å². The highest BCUT2D eigenvalue weighted by atomic mass is 32.2. The Morgan fingerprint density at radius 2 is 1.68 bits per heavy atom. The second-order valence-electron chi connectivity index (χ2n) is 8.06. The summed E-state index contributed by atoms with van der Waals surface area (Å²) in [6.45, 7) is 3.14. The molecule has 5 nitrogen and oxygen atoms in total. The fraction of sp³-hybridized carbons (Fsp3) is 0.500. The van der Waals surface area contributed by atoms with Gasteiger partial charge in [-0.1, -0.05) is 55.7 Å². The van der Waals surface area contributed by atoms with Gasteiger partial charge in [-0.25, -0.2) is 8.42 Å². The van der Waals surface area contributed by atoms with Crippen LogP contribution in [0.4, 0.5) is 0 Å². The highest BCUT2D eigenvalue weighted by Crippen LogP contribution is 2.30. The molecule has 0 radical (unpaired) electrons. The van der Waals surface area contributed by atoms with Crippen LogP contribution in [0.2, 0.25) is 0 Å². The number of piperazine rings is 1. The number of benzene rings is 2. The summed E-state index contributed by atoms with van der Waals surface area (Å²) in [5, 5.41) is 1.67. The van der Waals surface area contributed by atoms with Gasteiger partial charge in [0.2, 0.25) is 15.9 Å². The third kappa shape index (κ3) is 3.55. The number of hydrogen-bond acceptors (Lipinski definition) is 3. The van der Waals surface area contributed by atoms with Crippen LogP contribution in [0.3, 0.4) is 0 Å². The van der Waals surface area contributed by atoms with Gasteiger partial charge < -0.3 is 4.90 Å². The van der Waals surface area contributed by atoms with Gasteiger partial charge in [-0.15, -0.1) is 0 Å². The van der Waals surface area contributed by atoms with Crippen LogP contribution in [-0.4, -0.2) is 49.2 Å². The van der Waals surface area contributed by atoms with Crippen LogP contribution in [0, 0.1) is 5.92 Å². The molecule has 1 unspecified atom stereocenters. The number of hydrogen-bond donors (Lipinski definition) is 0. The summed E-state index contributed by atoms with van der Waals surface area (Å²) in [5.74, 6) is 0.340. The molecule has 4 rings (SSSR count). The first-order valence-corrected chi connectivity index (χ1v) is 11.7. The lowest BCUT2D eigenvalue weighted by atomic mass is 9.88. The van der Waals surface area contributed by atoms with Crippen molar-refractivity contribution in [1.82, 2.24) is 9.21 Å². The fourth-order valence-electron chi connectivity index (χ4n) is 4.61. The zero-order valence-corrected chi connectivity index (χ0v) is 17.2. The van der Waals surface area contributed by atoms with Gasteiger partial charge in [0, 0.05) is 37.0 Å². The van der Waals surface area contributed by atoms with Crippen molar-refractivity contribution in [3.63, 3.8) is 0 Å². The van der Waals surface area contributed by atoms with Gasteiger partial charge >= 0.3 is 0 Å². The van der Waals surface area contributed by atoms with Gasteiger partial charge in [0.15, 0.2) is 0 Å². The van der Waals surface area contributed by atoms with Gasteiger partial charge in [0.05, 0.1) is 4.90 Å². The van der Waals surface area contributed by atoms with E-state index >= 15 is 0 Å². The Morgan fingerprint density at radius 1 is 0.964 bits per heavy atom. The van der Waals surface area contributed by atoms with Gasteiger partial charge in [-0.3, -0.25) is 4.79 Å². The van der Waals surface area contributed by atoms with Gasteiger partial charge in [-0.2, -0.15) is 4.31 Å². The molecule has 1 atom stereocenters. The SMILES string of the molecule is CC1CN(S(=O)(=O)c2cccc3ccccc23)CCN1C(=O)C1CCCCC1. The molecule has 0 spiro atoms. The predicted molar refractivity (Wildman–Crippen MR) is 110 cm³/mol. The maximum atomic E-state index is 13.3. The highest BCUT2D eigenvalue weighted by molar-refractivity contribution is 7.89. The Kier molecular flexibility index (Phi) is 5.43. The molecule has 1 amide bonds. The topological polar surface area (TPSA) is 57.7 Å². The van der Waals surface area contributed by atoms with E-state index in [4.69, 9.17) is 0 Å². The molecule has 1 heterocycles. The summed E-state index contributed by atoms with van der Waals surface area (Å²) in [7, 11) is -3.60. The second kappa shape index (κ2) is 7.84. The molecule has 150 valence electrons. The molecule has 6 heteroatoms. The molecule has 1 saturated carbocycles. The number of carbonyl (C=O) groups is 1. The standard InChI is InChI=1S/C22H28N2O3S/c1-17-16-23(14-15-24(17)22(25)19-9-3-2-4-10-19)28(26,27)21-13-7-11-18-8-5-6-12-20(18)21/h5-8,11-13,17,19H,2-4,9-10,14-16H2,1H3. The number of sulfonamides is 1. The van der Waals surface area contributed by atoms with Crippen LogP contribution in [-0.2, 0) is 14.8 Å². The molecular formula is C22H28N2O3S. The maximum Gasteiger partial charge on any atom is 0.243 e. The zero-order chi connectivity index (χ0) is 19.7. The summed E-state index contributed by atoms with van der Waals surface area (Å²) in [4.78, 5) is 15.2. The van der Waals surface area contributed by atoms with Crippen molar-refractivity contribution in [2.45, 2.75) is 50.0 Å². The highest BCUT2D eigenvalue weighted by Gasteiger charge is 2.37. The molecule has 28 heavy (non-hydrogen) atoms. The summed E-state index contributed by atoms with van der Waals surface area (Å²) in [6.07, 6.45) is 5.41. The van der Waals surface area contributed by atoms with Gasteiger partial charge in [-0.05, 0) is 31.2 Å². The Morgan fingerprint density at radius 3 is 2.43 bits per heavy atom. The molecule has 2 aromatic carbocycles. The van der Waals surface area contributed by atoms with E-state index in [-0.39, 0.29) is 17.9 Å². The smallest absolute Gasteiger partial charge is 0.243 e. The summed E-state index contributed by atoms with van der Waals surface area (Å²) < 4.78 is 28.2. The van der Waals surface area contributed by atoms with Crippen molar-refractivity contribution in [3.05, 3.63) is 42.5 Å². The summed E-state index contributed by atoms with van der Waals surface area (Å²) in [5.41, 5.74) is 0. The van der Waals surface area contributed by atoms with Crippen molar-refractivity contribution in [2.75, 3.05) is 19.6 Å². The number of carbonyl (C=O) groups excluding carboxylic acids is 1. The van der Waals surface area contributed by atoms with Crippen molar-refractivity contribution in [2.24, 2.45) is 5.92 Å². The van der Waals surface area contributed by atoms with E-state index in [9.17, 15) is 13.2 Å². The van der Waals surface area contributed by atoms with E-state index in [0.29, 0.717) is 24.5 Å². The molecule has 2 aliphatic rings. The minimum atomic E-state index is -3.60. The van der Waals surface area contributed by atoms with Crippen molar-refractivity contribution < 1.29 is 13.2 Å². The average Bonchev–Trinajstić information content (AvgIpc) is 2.73. The van der Waals surface area contributed by atoms with Crippen LogP contribution < -0.4 is 0 Å². The molecular weight excluding hydrogens is 372 g/mol. The number of rotatable bonds is 3. The van der Waals surface area contributed by atoms with Crippen LogP contribution in [0.25, 0.3) is 10.8 Å². The fourth-order valence-corrected chi connectivity index (χ4v) is 6.34. The molecule has 2 fully saturated rings. The van der Waals surface area contributed by atoms with E-state index < -0.39 is 10.0 Å². The Balaban J connectivity index is 1.54. The Hall–Kier alpha value is -1.92. The lowest BCUT2D eigenvalue weighted by Gasteiger charge is -2.41. The maximum absolute atomic E-state index is 13.3. The summed E-state index contributed by atoms with van der Waals surface area (Å²) in [6, 6.07) is 12.9. The van der Waals surface area contributed by atoms with E-state index in [1.54, 1.807) is 16.4 Å². The van der Waals surface area contributed by atoms with Crippen LogP contribution in [0.1, 0.15) is 39.0 Å². The predicted octanol–water partition coefficient (Wildman–Crippen LogP) is 3.64. The molecule has 2 aromatic rings.